The first-order chi connectivity index (χ1) is 8.99. The smallest absolute Gasteiger partial charge is 0.240 e. The molecule has 0 aliphatic carbocycles. The lowest BCUT2D eigenvalue weighted by molar-refractivity contribution is 0.519. The summed E-state index contributed by atoms with van der Waals surface area (Å²) in [4.78, 5) is 0.331. The number of nitrogens with one attached hydrogen (secondary N) is 2. The van der Waals surface area contributed by atoms with E-state index in [1.165, 1.54) is 0 Å². The van der Waals surface area contributed by atoms with Gasteiger partial charge in [0.05, 0.1) is 4.90 Å². The third-order valence-corrected chi connectivity index (χ3v) is 5.80. The maximum atomic E-state index is 12.1. The van der Waals surface area contributed by atoms with Crippen molar-refractivity contribution in [3.05, 3.63) is 28.2 Å². The molecule has 1 aliphatic heterocycles. The average Bonchev–Trinajstić information content (AvgIpc) is 2.85. The van der Waals surface area contributed by atoms with E-state index in [1.807, 2.05) is 6.92 Å². The first kappa shape index (κ1) is 15.0. The fraction of sp³-hybridized carbons (Fsp3) is 0.538. The molecule has 2 rings (SSSR count). The van der Waals surface area contributed by atoms with E-state index in [1.54, 1.807) is 18.2 Å². The summed E-state index contributed by atoms with van der Waals surface area (Å²) >= 11 is 3.37. The van der Waals surface area contributed by atoms with E-state index >= 15 is 0 Å². The number of aryl methyl sites for hydroxylation is 1. The molecule has 0 radical (unpaired) electrons. The summed E-state index contributed by atoms with van der Waals surface area (Å²) in [5.74, 6) is 0.592. The van der Waals surface area contributed by atoms with Crippen molar-refractivity contribution >= 4 is 26.0 Å². The minimum atomic E-state index is -3.38. The molecule has 1 aromatic rings. The fourth-order valence-corrected chi connectivity index (χ4v) is 3.60. The molecule has 0 amide bonds. The highest BCUT2D eigenvalue weighted by Crippen LogP contribution is 2.20. The highest BCUT2D eigenvalue weighted by molar-refractivity contribution is 9.10. The molecule has 0 spiro atoms. The number of benzene rings is 1. The molecule has 0 aromatic heterocycles. The van der Waals surface area contributed by atoms with E-state index in [4.69, 9.17) is 0 Å². The monoisotopic (exact) mass is 346 g/mol. The first-order valence-corrected chi connectivity index (χ1v) is 8.73. The molecule has 6 heteroatoms. The number of halogens is 1. The Hall–Kier alpha value is -0.430. The first-order valence-electron chi connectivity index (χ1n) is 6.45. The quantitative estimate of drug-likeness (QED) is 0.857. The van der Waals surface area contributed by atoms with Crippen molar-refractivity contribution in [1.29, 1.82) is 0 Å². The Morgan fingerprint density at radius 1 is 1.47 bits per heavy atom. The molecule has 19 heavy (non-hydrogen) atoms. The SMILES string of the molecule is Cc1cc(S(=O)(=O)NCC[C@@H]2CCNC2)ccc1Br. The van der Waals surface area contributed by atoms with Crippen LogP contribution >= 0.6 is 15.9 Å². The Morgan fingerprint density at radius 3 is 2.89 bits per heavy atom. The highest BCUT2D eigenvalue weighted by Gasteiger charge is 2.17. The van der Waals surface area contributed by atoms with E-state index < -0.39 is 10.0 Å². The van der Waals surface area contributed by atoms with Crippen molar-refractivity contribution in [3.8, 4) is 0 Å². The molecule has 2 N–H and O–H groups in total. The largest absolute Gasteiger partial charge is 0.316 e. The Balaban J connectivity index is 1.95. The Morgan fingerprint density at radius 2 is 2.26 bits per heavy atom. The summed E-state index contributed by atoms with van der Waals surface area (Å²) in [7, 11) is -3.38. The lowest BCUT2D eigenvalue weighted by Gasteiger charge is -2.10. The van der Waals surface area contributed by atoms with Gasteiger partial charge in [-0.25, -0.2) is 13.1 Å². The molecule has 0 unspecified atom stereocenters. The van der Waals surface area contributed by atoms with Gasteiger partial charge in [-0.05, 0) is 62.5 Å². The van der Waals surface area contributed by atoms with E-state index in [0.29, 0.717) is 17.4 Å². The van der Waals surface area contributed by atoms with Gasteiger partial charge in [-0.1, -0.05) is 15.9 Å². The van der Waals surface area contributed by atoms with E-state index in [-0.39, 0.29) is 0 Å². The van der Waals surface area contributed by atoms with E-state index in [9.17, 15) is 8.42 Å². The average molecular weight is 347 g/mol. The van der Waals surface area contributed by atoms with Gasteiger partial charge in [0.15, 0.2) is 0 Å². The molecular weight excluding hydrogens is 328 g/mol. The molecule has 0 bridgehead atoms. The molecule has 1 atom stereocenters. The van der Waals surface area contributed by atoms with Crippen LogP contribution in [-0.2, 0) is 10.0 Å². The number of sulfonamides is 1. The lowest BCUT2D eigenvalue weighted by Crippen LogP contribution is -2.26. The van der Waals surface area contributed by atoms with Crippen molar-refractivity contribution < 1.29 is 8.42 Å². The van der Waals surface area contributed by atoms with Crippen LogP contribution in [0.1, 0.15) is 18.4 Å². The maximum absolute atomic E-state index is 12.1. The highest BCUT2D eigenvalue weighted by atomic mass is 79.9. The van der Waals surface area contributed by atoms with Crippen molar-refractivity contribution in [2.45, 2.75) is 24.7 Å². The topological polar surface area (TPSA) is 58.2 Å². The molecule has 106 valence electrons. The van der Waals surface area contributed by atoms with Crippen LogP contribution in [0.15, 0.2) is 27.6 Å². The zero-order chi connectivity index (χ0) is 13.9. The van der Waals surface area contributed by atoms with Crippen LogP contribution in [0.5, 0.6) is 0 Å². The summed E-state index contributed by atoms with van der Waals surface area (Å²) < 4.78 is 27.9. The van der Waals surface area contributed by atoms with Gasteiger partial charge < -0.3 is 5.32 Å². The van der Waals surface area contributed by atoms with Crippen LogP contribution in [0.4, 0.5) is 0 Å². The summed E-state index contributed by atoms with van der Waals surface area (Å²) in [5.41, 5.74) is 0.919. The van der Waals surface area contributed by atoms with Crippen molar-refractivity contribution in [1.82, 2.24) is 10.0 Å². The predicted octanol–water partition coefficient (Wildman–Crippen LogP) is 2.04. The maximum Gasteiger partial charge on any atom is 0.240 e. The van der Waals surface area contributed by atoms with Gasteiger partial charge in [0, 0.05) is 11.0 Å². The fourth-order valence-electron chi connectivity index (χ4n) is 2.23. The summed E-state index contributed by atoms with van der Waals surface area (Å²) in [6.45, 7) is 4.43. The predicted molar refractivity (Wildman–Crippen MR) is 79.7 cm³/mol. The van der Waals surface area contributed by atoms with Crippen LogP contribution in [0.3, 0.4) is 0 Å². The van der Waals surface area contributed by atoms with Crippen LogP contribution < -0.4 is 10.0 Å². The standard InChI is InChI=1S/C13H19BrN2O2S/c1-10-8-12(2-3-13(10)14)19(17,18)16-7-5-11-4-6-15-9-11/h2-3,8,11,15-16H,4-7,9H2,1H3/t11-/m0/s1. The van der Waals surface area contributed by atoms with Gasteiger partial charge in [-0.3, -0.25) is 0 Å². The van der Waals surface area contributed by atoms with Gasteiger partial charge in [0.1, 0.15) is 0 Å². The molecule has 1 saturated heterocycles. The molecule has 1 heterocycles. The van der Waals surface area contributed by atoms with Crippen LogP contribution in [0.2, 0.25) is 0 Å². The Bertz CT molecular complexity index is 540. The number of hydrogen-bond acceptors (Lipinski definition) is 3. The van der Waals surface area contributed by atoms with Crippen molar-refractivity contribution in [2.75, 3.05) is 19.6 Å². The second kappa shape index (κ2) is 6.35. The van der Waals surface area contributed by atoms with Gasteiger partial charge in [0.25, 0.3) is 0 Å². The summed E-state index contributed by atoms with van der Waals surface area (Å²) in [6, 6.07) is 5.07. The molecule has 4 nitrogen and oxygen atoms in total. The van der Waals surface area contributed by atoms with Crippen LogP contribution in [0, 0.1) is 12.8 Å². The lowest BCUT2D eigenvalue weighted by atomic mass is 10.1. The van der Waals surface area contributed by atoms with Crippen molar-refractivity contribution in [3.63, 3.8) is 0 Å². The second-order valence-corrected chi connectivity index (χ2v) is 7.58. The minimum Gasteiger partial charge on any atom is -0.316 e. The van der Waals surface area contributed by atoms with Crippen molar-refractivity contribution in [2.24, 2.45) is 5.92 Å². The van der Waals surface area contributed by atoms with Crippen LogP contribution in [-0.4, -0.2) is 28.1 Å². The molecule has 0 saturated carbocycles. The number of rotatable bonds is 5. The summed E-state index contributed by atoms with van der Waals surface area (Å²) in [5, 5.41) is 3.28. The minimum absolute atomic E-state index is 0.331. The van der Waals surface area contributed by atoms with Gasteiger partial charge in [0.2, 0.25) is 10.0 Å². The second-order valence-electron chi connectivity index (χ2n) is 4.96. The van der Waals surface area contributed by atoms with E-state index in [0.717, 1.165) is 36.0 Å². The van der Waals surface area contributed by atoms with Gasteiger partial charge in [-0.2, -0.15) is 0 Å². The molecule has 1 aliphatic rings. The Labute approximate surface area is 123 Å². The molecule has 1 aromatic carbocycles. The van der Waals surface area contributed by atoms with Crippen LogP contribution in [0.25, 0.3) is 0 Å². The third kappa shape index (κ3) is 4.02. The molecule has 1 fully saturated rings. The Kier molecular flexibility index (Phi) is 5.00. The zero-order valence-corrected chi connectivity index (χ0v) is 13.4. The zero-order valence-electron chi connectivity index (χ0n) is 10.9. The normalized spacial score (nSPS) is 19.8. The third-order valence-electron chi connectivity index (χ3n) is 3.45. The summed E-state index contributed by atoms with van der Waals surface area (Å²) in [6.07, 6.45) is 2.03. The van der Waals surface area contributed by atoms with E-state index in [2.05, 4.69) is 26.0 Å². The number of hydrogen-bond donors (Lipinski definition) is 2. The van der Waals surface area contributed by atoms with Gasteiger partial charge in [-0.15, -0.1) is 0 Å². The molecular formula is C13H19BrN2O2S. The van der Waals surface area contributed by atoms with Gasteiger partial charge >= 0.3 is 0 Å².